The van der Waals surface area contributed by atoms with Crippen molar-refractivity contribution in [3.8, 4) is 11.5 Å². The molecule has 1 aliphatic rings. The molecule has 0 spiro atoms. The van der Waals surface area contributed by atoms with E-state index in [2.05, 4.69) is 4.74 Å². The van der Waals surface area contributed by atoms with Gasteiger partial charge >= 0.3 is 5.75 Å². The number of hydrogen-bond donors (Lipinski definition) is 0. The second-order valence-corrected chi connectivity index (χ2v) is 2.95. The fourth-order valence-electron chi connectivity index (χ4n) is 0.948. The van der Waals surface area contributed by atoms with E-state index in [0.717, 1.165) is 31.1 Å². The maximum absolute atomic E-state index is 5.41. The van der Waals surface area contributed by atoms with E-state index in [1.807, 2.05) is 10.8 Å². The van der Waals surface area contributed by atoms with Crippen LogP contribution in [0.1, 0.15) is 6.42 Å². The quantitative estimate of drug-likeness (QED) is 0.526. The largest absolute Gasteiger partial charge is 0.579 e. The van der Waals surface area contributed by atoms with E-state index < -0.39 is 0 Å². The first-order chi connectivity index (χ1) is 4.97. The molecular formula is C7H9O2S+. The van der Waals surface area contributed by atoms with Crippen LogP contribution in [0.15, 0.2) is 10.8 Å². The Bertz CT molecular complexity index is 199. The molecule has 2 nitrogen and oxygen atoms in total. The van der Waals surface area contributed by atoms with E-state index in [-0.39, 0.29) is 0 Å². The minimum Gasteiger partial charge on any atom is -0.579 e. The highest BCUT2D eigenvalue weighted by Gasteiger charge is 2.14. The molecule has 0 aromatic carbocycles. The standard InChI is InChI=1S/C7H8O2S/c1-2-8-6-4-10-5-7(6)9-3-1/h4-5H,1-3H2/p+1. The lowest BCUT2D eigenvalue weighted by Gasteiger charge is -1.95. The zero-order valence-electron chi connectivity index (χ0n) is 5.54. The van der Waals surface area contributed by atoms with Crippen LogP contribution in [0, 0.1) is 0 Å². The number of aromatic hydroxyl groups is 1. The summed E-state index contributed by atoms with van der Waals surface area (Å²) in [5.74, 6) is 1.99. The first kappa shape index (κ1) is 6.04. The van der Waals surface area contributed by atoms with Crippen LogP contribution < -0.4 is 4.74 Å². The van der Waals surface area contributed by atoms with Crippen molar-refractivity contribution >= 4 is 11.3 Å². The Labute approximate surface area is 63.4 Å². The van der Waals surface area contributed by atoms with Gasteiger partial charge < -0.3 is 9.47 Å². The molecule has 54 valence electrons. The van der Waals surface area contributed by atoms with Crippen molar-refractivity contribution in [1.82, 2.24) is 0 Å². The third-order valence-corrected chi connectivity index (χ3v) is 2.16. The summed E-state index contributed by atoms with van der Waals surface area (Å²) in [6, 6.07) is 0. The summed E-state index contributed by atoms with van der Waals surface area (Å²) in [5, 5.41) is 4.03. The van der Waals surface area contributed by atoms with Gasteiger partial charge in [-0.05, 0) is 0 Å². The van der Waals surface area contributed by atoms with Crippen molar-refractivity contribution in [2.45, 2.75) is 6.42 Å². The smallest absolute Gasteiger partial charge is 0.308 e. The summed E-state index contributed by atoms with van der Waals surface area (Å²) in [5.41, 5.74) is 0. The van der Waals surface area contributed by atoms with Gasteiger partial charge in [0.15, 0.2) is 6.61 Å². The third-order valence-electron chi connectivity index (χ3n) is 1.45. The Kier molecular flexibility index (Phi) is 1.51. The van der Waals surface area contributed by atoms with Crippen LogP contribution in [-0.2, 0) is 0 Å². The zero-order chi connectivity index (χ0) is 6.81. The van der Waals surface area contributed by atoms with Crippen LogP contribution in [-0.4, -0.2) is 18.0 Å². The second kappa shape index (κ2) is 2.50. The molecule has 0 amide bonds. The number of ether oxygens (including phenoxy) is 2. The summed E-state index contributed by atoms with van der Waals surface area (Å²) >= 11 is 1.65. The van der Waals surface area contributed by atoms with Gasteiger partial charge in [-0.1, -0.05) is 0 Å². The molecule has 0 saturated carbocycles. The average molecular weight is 157 g/mol. The summed E-state index contributed by atoms with van der Waals surface area (Å²) in [7, 11) is 0. The summed E-state index contributed by atoms with van der Waals surface area (Å²) in [4.78, 5) is 0. The molecule has 2 rings (SSSR count). The zero-order valence-corrected chi connectivity index (χ0v) is 6.36. The van der Waals surface area contributed by atoms with Crippen molar-refractivity contribution in [3.63, 3.8) is 0 Å². The number of thiophene rings is 1. The topological polar surface area (TPSA) is 22.0 Å². The number of hydrogen-bond acceptors (Lipinski definition) is 2. The van der Waals surface area contributed by atoms with Crippen LogP contribution in [0.4, 0.5) is 0 Å². The van der Waals surface area contributed by atoms with Crippen molar-refractivity contribution in [1.29, 1.82) is 0 Å². The Morgan fingerprint density at radius 3 is 3.50 bits per heavy atom. The molecule has 10 heavy (non-hydrogen) atoms. The molecule has 2 heterocycles. The molecular weight excluding hydrogens is 148 g/mol. The lowest BCUT2D eigenvalue weighted by Crippen LogP contribution is -1.96. The number of aliphatic hydroxyl groups is 1. The summed E-state index contributed by atoms with van der Waals surface area (Å²) < 4.78 is 9.74. The van der Waals surface area contributed by atoms with Crippen LogP contribution in [0.2, 0.25) is 0 Å². The van der Waals surface area contributed by atoms with E-state index in [9.17, 15) is 0 Å². The molecule has 1 N–H and O–H groups in total. The predicted molar refractivity (Wildman–Crippen MR) is 41.0 cm³/mol. The Hall–Kier alpha value is -0.700. The van der Waals surface area contributed by atoms with Crippen molar-refractivity contribution in [2.24, 2.45) is 0 Å². The van der Waals surface area contributed by atoms with Gasteiger partial charge in [-0.15, -0.1) is 11.3 Å². The average Bonchev–Trinajstić information content (AvgIpc) is 2.28. The molecule has 1 aromatic rings. The first-order valence-electron chi connectivity index (χ1n) is 3.33. The van der Waals surface area contributed by atoms with Gasteiger partial charge in [0, 0.05) is 5.38 Å². The predicted octanol–water partition coefficient (Wildman–Crippen LogP) is 1.77. The normalized spacial score (nSPS) is 16.4. The van der Waals surface area contributed by atoms with Crippen LogP contribution in [0.25, 0.3) is 0 Å². The minimum absolute atomic E-state index is 0.813. The molecule has 0 aliphatic carbocycles. The van der Waals surface area contributed by atoms with Crippen LogP contribution >= 0.6 is 11.3 Å². The van der Waals surface area contributed by atoms with Crippen molar-refractivity contribution in [3.05, 3.63) is 10.8 Å². The van der Waals surface area contributed by atoms with Gasteiger partial charge in [-0.25, -0.2) is 0 Å². The molecule has 0 atom stereocenters. The lowest BCUT2D eigenvalue weighted by molar-refractivity contribution is 0.0728. The SMILES string of the molecule is c1scc2c1OCCC[OH+]2. The molecule has 1 aromatic heterocycles. The highest BCUT2D eigenvalue weighted by molar-refractivity contribution is 7.08. The van der Waals surface area contributed by atoms with E-state index in [4.69, 9.17) is 4.74 Å². The van der Waals surface area contributed by atoms with E-state index in [1.165, 1.54) is 0 Å². The van der Waals surface area contributed by atoms with E-state index in [1.54, 1.807) is 11.3 Å². The maximum Gasteiger partial charge on any atom is 0.308 e. The molecule has 0 radical (unpaired) electrons. The van der Waals surface area contributed by atoms with Crippen LogP contribution in [0.3, 0.4) is 0 Å². The Balaban J connectivity index is 2.28. The monoisotopic (exact) mass is 157 g/mol. The maximum atomic E-state index is 5.41. The summed E-state index contributed by atoms with van der Waals surface area (Å²) in [6.07, 6.45) is 1.04. The minimum atomic E-state index is 0.813. The van der Waals surface area contributed by atoms with Gasteiger partial charge in [0.05, 0.1) is 18.4 Å². The highest BCUT2D eigenvalue weighted by Crippen LogP contribution is 2.33. The first-order valence-corrected chi connectivity index (χ1v) is 4.27. The fraction of sp³-hybridized carbons (Fsp3) is 0.429. The van der Waals surface area contributed by atoms with Crippen molar-refractivity contribution in [2.75, 3.05) is 13.2 Å². The molecule has 0 saturated heterocycles. The molecule has 3 heteroatoms. The fourth-order valence-corrected chi connectivity index (χ4v) is 1.65. The van der Waals surface area contributed by atoms with Gasteiger partial charge in [-0.3, -0.25) is 0 Å². The van der Waals surface area contributed by atoms with Crippen LogP contribution in [0.5, 0.6) is 11.5 Å². The molecule has 0 bridgehead atoms. The van der Waals surface area contributed by atoms with E-state index >= 15 is 0 Å². The molecule has 0 fully saturated rings. The van der Waals surface area contributed by atoms with Gasteiger partial charge in [-0.2, -0.15) is 0 Å². The molecule has 1 aliphatic heterocycles. The van der Waals surface area contributed by atoms with Gasteiger partial charge in [0.2, 0.25) is 5.75 Å². The Morgan fingerprint density at radius 2 is 2.50 bits per heavy atom. The second-order valence-electron chi connectivity index (χ2n) is 2.21. The highest BCUT2D eigenvalue weighted by atomic mass is 32.1. The number of rotatable bonds is 0. The van der Waals surface area contributed by atoms with Gasteiger partial charge in [0.25, 0.3) is 0 Å². The third kappa shape index (κ3) is 0.968. The van der Waals surface area contributed by atoms with E-state index in [0.29, 0.717) is 0 Å². The van der Waals surface area contributed by atoms with Crippen molar-refractivity contribution < 1.29 is 9.47 Å². The molecule has 0 unspecified atom stereocenters. The Morgan fingerprint density at radius 1 is 1.50 bits per heavy atom. The summed E-state index contributed by atoms with van der Waals surface area (Å²) in [6.45, 7) is 1.72. The lowest BCUT2D eigenvalue weighted by atomic mass is 10.5. The van der Waals surface area contributed by atoms with Gasteiger partial charge in [0.1, 0.15) is 0 Å². The number of fused-ring (bicyclic) bond motifs is 1.